The Kier molecular flexibility index (Phi) is 2.73. The third-order valence-corrected chi connectivity index (χ3v) is 1.64. The number of nitrogens with zero attached hydrogens (tertiary/aromatic N) is 1. The first kappa shape index (κ1) is 8.36. The van der Waals surface area contributed by atoms with Gasteiger partial charge in [-0.05, 0) is 34.7 Å². The Morgan fingerprint density at radius 3 is 2.73 bits per heavy atom. The lowest BCUT2D eigenvalue weighted by atomic mass is 10.3. The molecule has 0 aliphatic carbocycles. The lowest BCUT2D eigenvalue weighted by Crippen LogP contribution is -1.75. The number of carbonyl (C=O) groups excluding carboxylic acids is 1. The summed E-state index contributed by atoms with van der Waals surface area (Å²) >= 11 is 1.94. The zero-order valence-electron chi connectivity index (χ0n) is 5.34. The summed E-state index contributed by atoms with van der Waals surface area (Å²) in [6.45, 7) is 0. The molecule has 0 heterocycles. The van der Waals surface area contributed by atoms with Gasteiger partial charge in [0.1, 0.15) is 5.82 Å². The Morgan fingerprint density at radius 2 is 2.18 bits per heavy atom. The molecule has 0 aliphatic heterocycles. The van der Waals surface area contributed by atoms with Crippen molar-refractivity contribution in [3.8, 4) is 0 Å². The molecule has 56 valence electrons. The van der Waals surface area contributed by atoms with Gasteiger partial charge in [-0.2, -0.15) is 4.99 Å². The van der Waals surface area contributed by atoms with E-state index in [0.29, 0.717) is 9.26 Å². The zero-order chi connectivity index (χ0) is 8.27. The van der Waals surface area contributed by atoms with Crippen LogP contribution in [0.2, 0.25) is 0 Å². The Bertz CT molecular complexity index is 300. The summed E-state index contributed by atoms with van der Waals surface area (Å²) < 4.78 is 13.3. The first-order valence-corrected chi connectivity index (χ1v) is 3.84. The molecule has 0 atom stereocenters. The van der Waals surface area contributed by atoms with Gasteiger partial charge in [0.25, 0.3) is 0 Å². The summed E-state index contributed by atoms with van der Waals surface area (Å²) in [6.07, 6.45) is 1.34. The molecular weight excluding hydrogens is 260 g/mol. The molecule has 0 saturated carbocycles. The first-order valence-electron chi connectivity index (χ1n) is 2.76. The Hall–Kier alpha value is -0.740. The fraction of sp³-hybridized carbons (Fsp3) is 0. The molecule has 11 heavy (non-hydrogen) atoms. The average molecular weight is 263 g/mol. The van der Waals surface area contributed by atoms with Gasteiger partial charge in [0.05, 0.1) is 5.69 Å². The zero-order valence-corrected chi connectivity index (χ0v) is 7.50. The van der Waals surface area contributed by atoms with Gasteiger partial charge in [-0.1, -0.05) is 0 Å². The van der Waals surface area contributed by atoms with Crippen molar-refractivity contribution in [3.05, 3.63) is 27.6 Å². The van der Waals surface area contributed by atoms with Gasteiger partial charge >= 0.3 is 0 Å². The van der Waals surface area contributed by atoms with E-state index in [1.165, 1.54) is 18.2 Å². The maximum absolute atomic E-state index is 12.6. The van der Waals surface area contributed by atoms with Gasteiger partial charge in [0.2, 0.25) is 6.08 Å². The SMILES string of the molecule is O=C=Nc1cc(F)cc(I)c1. The van der Waals surface area contributed by atoms with Crippen LogP contribution < -0.4 is 0 Å². The summed E-state index contributed by atoms with van der Waals surface area (Å²) in [4.78, 5) is 13.1. The van der Waals surface area contributed by atoms with Crippen LogP contribution >= 0.6 is 22.6 Å². The molecule has 0 unspecified atom stereocenters. The second-order valence-corrected chi connectivity index (χ2v) is 3.08. The molecule has 0 aromatic heterocycles. The largest absolute Gasteiger partial charge is 0.240 e. The van der Waals surface area contributed by atoms with Crippen molar-refractivity contribution in [3.63, 3.8) is 0 Å². The highest BCUT2D eigenvalue weighted by molar-refractivity contribution is 14.1. The summed E-state index contributed by atoms with van der Waals surface area (Å²) in [6, 6.07) is 4.12. The van der Waals surface area contributed by atoms with E-state index in [4.69, 9.17) is 0 Å². The molecule has 4 heteroatoms. The molecule has 1 rings (SSSR count). The molecule has 0 aliphatic rings. The van der Waals surface area contributed by atoms with E-state index in [1.54, 1.807) is 6.07 Å². The monoisotopic (exact) mass is 263 g/mol. The fourth-order valence-electron chi connectivity index (χ4n) is 0.657. The van der Waals surface area contributed by atoms with Crippen molar-refractivity contribution in [2.24, 2.45) is 4.99 Å². The molecular formula is C7H3FINO. The van der Waals surface area contributed by atoms with E-state index in [9.17, 15) is 9.18 Å². The third-order valence-electron chi connectivity index (χ3n) is 1.02. The van der Waals surface area contributed by atoms with Crippen LogP contribution in [-0.4, -0.2) is 6.08 Å². The molecule has 0 bridgehead atoms. The van der Waals surface area contributed by atoms with E-state index in [2.05, 4.69) is 4.99 Å². The molecule has 0 radical (unpaired) electrons. The van der Waals surface area contributed by atoms with E-state index >= 15 is 0 Å². The third kappa shape index (κ3) is 2.40. The van der Waals surface area contributed by atoms with Gasteiger partial charge < -0.3 is 0 Å². The number of hydrogen-bond donors (Lipinski definition) is 0. The maximum Gasteiger partial charge on any atom is 0.240 e. The smallest absolute Gasteiger partial charge is 0.211 e. The summed E-state index contributed by atoms with van der Waals surface area (Å²) in [5, 5.41) is 0. The molecule has 1 aromatic rings. The Balaban J connectivity index is 3.18. The number of benzene rings is 1. The van der Waals surface area contributed by atoms with Crippen LogP contribution in [0.3, 0.4) is 0 Å². The highest BCUT2D eigenvalue weighted by Crippen LogP contribution is 2.17. The van der Waals surface area contributed by atoms with Gasteiger partial charge in [-0.25, -0.2) is 9.18 Å². The highest BCUT2D eigenvalue weighted by atomic mass is 127. The van der Waals surface area contributed by atoms with Crippen molar-refractivity contribution in [2.45, 2.75) is 0 Å². The summed E-state index contributed by atoms with van der Waals surface area (Å²) in [5.74, 6) is -0.397. The van der Waals surface area contributed by atoms with E-state index in [1.807, 2.05) is 22.6 Å². The molecule has 1 aromatic carbocycles. The van der Waals surface area contributed by atoms with Gasteiger partial charge in [-0.15, -0.1) is 0 Å². The number of aliphatic imine (C=N–C) groups is 1. The van der Waals surface area contributed by atoms with E-state index in [-0.39, 0.29) is 0 Å². The average Bonchev–Trinajstić information content (AvgIpc) is 1.85. The Labute approximate surface area is 76.3 Å². The molecule has 0 fully saturated rings. The highest BCUT2D eigenvalue weighted by Gasteiger charge is 1.95. The van der Waals surface area contributed by atoms with E-state index in [0.717, 1.165) is 0 Å². The van der Waals surface area contributed by atoms with E-state index < -0.39 is 5.82 Å². The van der Waals surface area contributed by atoms with Crippen molar-refractivity contribution in [1.29, 1.82) is 0 Å². The normalized spacial score (nSPS) is 8.91. The minimum Gasteiger partial charge on any atom is -0.211 e. The molecule has 2 nitrogen and oxygen atoms in total. The first-order chi connectivity index (χ1) is 5.22. The van der Waals surface area contributed by atoms with Crippen LogP contribution in [0.15, 0.2) is 23.2 Å². The summed E-state index contributed by atoms with van der Waals surface area (Å²) in [5.41, 5.74) is 0.296. The quantitative estimate of drug-likeness (QED) is 0.434. The van der Waals surface area contributed by atoms with Crippen LogP contribution in [-0.2, 0) is 4.79 Å². The van der Waals surface area contributed by atoms with Crippen LogP contribution in [0, 0.1) is 9.39 Å². The van der Waals surface area contributed by atoms with Crippen molar-refractivity contribution in [1.82, 2.24) is 0 Å². The van der Waals surface area contributed by atoms with Gasteiger partial charge in [-0.3, -0.25) is 0 Å². The standard InChI is InChI=1S/C7H3FINO/c8-5-1-6(9)3-7(2-5)10-4-11/h1-3H. The molecule has 0 saturated heterocycles. The molecule has 0 amide bonds. The van der Waals surface area contributed by atoms with Gasteiger partial charge in [0, 0.05) is 9.64 Å². The lowest BCUT2D eigenvalue weighted by Gasteiger charge is -1.92. The fourth-order valence-corrected chi connectivity index (χ4v) is 1.27. The topological polar surface area (TPSA) is 29.4 Å². The van der Waals surface area contributed by atoms with Crippen LogP contribution in [0.25, 0.3) is 0 Å². The minimum absolute atomic E-state index is 0.296. The Morgan fingerprint density at radius 1 is 1.45 bits per heavy atom. The second-order valence-electron chi connectivity index (χ2n) is 1.83. The van der Waals surface area contributed by atoms with Crippen molar-refractivity contribution >= 4 is 34.4 Å². The molecule has 0 N–H and O–H groups in total. The molecule has 0 spiro atoms. The van der Waals surface area contributed by atoms with Crippen LogP contribution in [0.4, 0.5) is 10.1 Å². The summed E-state index contributed by atoms with van der Waals surface area (Å²) in [7, 11) is 0. The lowest BCUT2D eigenvalue weighted by molar-refractivity contribution is 0.565. The van der Waals surface area contributed by atoms with Crippen molar-refractivity contribution in [2.75, 3.05) is 0 Å². The van der Waals surface area contributed by atoms with Crippen LogP contribution in [0.1, 0.15) is 0 Å². The predicted molar refractivity (Wildman–Crippen MR) is 46.9 cm³/mol. The second kappa shape index (κ2) is 3.59. The van der Waals surface area contributed by atoms with Crippen molar-refractivity contribution < 1.29 is 9.18 Å². The number of rotatable bonds is 1. The number of hydrogen-bond acceptors (Lipinski definition) is 2. The maximum atomic E-state index is 12.6. The number of halogens is 2. The van der Waals surface area contributed by atoms with Gasteiger partial charge in [0.15, 0.2) is 0 Å². The predicted octanol–water partition coefficient (Wildman–Crippen LogP) is 2.40. The number of isocyanates is 1. The van der Waals surface area contributed by atoms with Crippen LogP contribution in [0.5, 0.6) is 0 Å². The minimum atomic E-state index is -0.397.